The molecule has 0 radical (unpaired) electrons. The lowest BCUT2D eigenvalue weighted by Crippen LogP contribution is -2.20. The molecular formula is C27H30NO4P. The van der Waals surface area contributed by atoms with Gasteiger partial charge in [0.1, 0.15) is 23.6 Å². The first-order valence-corrected chi connectivity index (χ1v) is 12.2. The number of hydrogen-bond donors (Lipinski definition) is 0. The number of hydrogen-bond acceptors (Lipinski definition) is 5. The number of benzene rings is 3. The smallest absolute Gasteiger partial charge is 0.463 e. The molecule has 0 amide bonds. The van der Waals surface area contributed by atoms with Crippen LogP contribution in [0.15, 0.2) is 71.7 Å². The van der Waals surface area contributed by atoms with Crippen LogP contribution < -0.4 is 9.05 Å². The van der Waals surface area contributed by atoms with E-state index in [9.17, 15) is 0 Å². The molecule has 0 aromatic heterocycles. The molecule has 0 saturated heterocycles. The molecule has 0 unspecified atom stereocenters. The summed E-state index contributed by atoms with van der Waals surface area (Å²) in [6, 6.07) is 22.1. The first-order valence-electron chi connectivity index (χ1n) is 11.1. The minimum absolute atomic E-state index is 0.180. The first-order chi connectivity index (χ1) is 15.9. The molecule has 0 fully saturated rings. The summed E-state index contributed by atoms with van der Waals surface area (Å²) in [6.07, 6.45) is -0.191. The predicted octanol–water partition coefficient (Wildman–Crippen LogP) is 7.18. The Labute approximate surface area is 197 Å². The maximum atomic E-state index is 6.35. The van der Waals surface area contributed by atoms with Crippen LogP contribution in [0.2, 0.25) is 0 Å². The number of ether oxygens (including phenoxy) is 1. The lowest BCUT2D eigenvalue weighted by atomic mass is 10.0. The average molecular weight is 464 g/mol. The Hall–Kier alpha value is -2.88. The summed E-state index contributed by atoms with van der Waals surface area (Å²) in [5, 5.41) is 0. The molecule has 1 aliphatic rings. The van der Waals surface area contributed by atoms with Crippen molar-refractivity contribution in [3.05, 3.63) is 94.5 Å². The third-order valence-electron chi connectivity index (χ3n) is 5.62. The van der Waals surface area contributed by atoms with Gasteiger partial charge in [-0.05, 0) is 55.5 Å². The molecule has 4 rings (SSSR count). The number of nitrogens with zero attached hydrogens (tertiary/aromatic N) is 1. The highest BCUT2D eigenvalue weighted by molar-refractivity contribution is 7.42. The fraction of sp³-hybridized carbons (Fsp3) is 0.296. The van der Waals surface area contributed by atoms with Crippen molar-refractivity contribution in [2.45, 2.75) is 46.8 Å². The highest BCUT2D eigenvalue weighted by Crippen LogP contribution is 2.46. The second kappa shape index (κ2) is 10.4. The van der Waals surface area contributed by atoms with E-state index in [0.717, 1.165) is 39.3 Å². The summed E-state index contributed by atoms with van der Waals surface area (Å²) in [5.74, 6) is 2.24. The molecule has 2 atom stereocenters. The molecule has 6 heteroatoms. The zero-order valence-corrected chi connectivity index (χ0v) is 20.6. The van der Waals surface area contributed by atoms with Crippen molar-refractivity contribution in [1.82, 2.24) is 0 Å². The van der Waals surface area contributed by atoms with Crippen LogP contribution in [0.5, 0.6) is 11.5 Å². The normalized spacial score (nSPS) is 17.6. The molecule has 33 heavy (non-hydrogen) atoms. The number of para-hydroxylation sites is 2. The molecule has 3 aromatic rings. The van der Waals surface area contributed by atoms with Gasteiger partial charge in [0.05, 0.1) is 6.61 Å². The van der Waals surface area contributed by atoms with E-state index in [0.29, 0.717) is 12.5 Å². The Morgan fingerprint density at radius 3 is 1.76 bits per heavy atom. The number of aryl methyl sites for hydroxylation is 4. The van der Waals surface area contributed by atoms with E-state index in [1.807, 2.05) is 89.2 Å². The van der Waals surface area contributed by atoms with Crippen molar-refractivity contribution in [2.24, 2.45) is 4.99 Å². The van der Waals surface area contributed by atoms with Crippen LogP contribution in [-0.2, 0) is 9.26 Å². The predicted molar refractivity (Wildman–Crippen MR) is 133 cm³/mol. The Kier molecular flexibility index (Phi) is 7.32. The van der Waals surface area contributed by atoms with Crippen LogP contribution >= 0.6 is 8.60 Å². The lowest BCUT2D eigenvalue weighted by Gasteiger charge is -2.23. The van der Waals surface area contributed by atoms with Gasteiger partial charge in [0.15, 0.2) is 5.90 Å². The fourth-order valence-corrected chi connectivity index (χ4v) is 5.19. The SMILES string of the molecule is CC1=N[C@@H](COP(Oc2c(C)cccc2C)Oc2c(C)cccc2C)[C@H](c2ccccc2)O1. The lowest BCUT2D eigenvalue weighted by molar-refractivity contribution is 0.153. The highest BCUT2D eigenvalue weighted by Gasteiger charge is 2.33. The van der Waals surface area contributed by atoms with E-state index >= 15 is 0 Å². The standard InChI is InChI=1S/C27H30NO4P/c1-18-11-9-12-19(2)25(18)31-33(32-26-20(3)13-10-14-21(26)4)29-17-24-27(30-22(5)28-24)23-15-7-6-8-16-23/h6-16,24,27H,17H2,1-5H3/t24-,27-/m0/s1. The molecular weight excluding hydrogens is 433 g/mol. The van der Waals surface area contributed by atoms with Crippen LogP contribution in [0, 0.1) is 27.7 Å². The maximum Gasteiger partial charge on any atom is 0.463 e. The second-order valence-electron chi connectivity index (χ2n) is 8.31. The van der Waals surface area contributed by atoms with Crippen molar-refractivity contribution in [2.75, 3.05) is 6.61 Å². The Morgan fingerprint density at radius 1 is 0.727 bits per heavy atom. The maximum absolute atomic E-state index is 6.35. The quantitative estimate of drug-likeness (QED) is 0.332. The van der Waals surface area contributed by atoms with Crippen molar-refractivity contribution in [3.8, 4) is 11.5 Å². The highest BCUT2D eigenvalue weighted by atomic mass is 31.2. The molecule has 172 valence electrons. The zero-order valence-electron chi connectivity index (χ0n) is 19.7. The van der Waals surface area contributed by atoms with Crippen LogP contribution in [0.4, 0.5) is 0 Å². The van der Waals surface area contributed by atoms with Gasteiger partial charge in [-0.2, -0.15) is 0 Å². The third-order valence-corrected chi connectivity index (χ3v) is 6.65. The summed E-state index contributed by atoms with van der Waals surface area (Å²) < 4.78 is 25.0. The van der Waals surface area contributed by atoms with E-state index in [1.165, 1.54) is 0 Å². The Balaban J connectivity index is 1.56. The number of rotatable bonds is 8. The van der Waals surface area contributed by atoms with Crippen LogP contribution in [0.25, 0.3) is 0 Å². The van der Waals surface area contributed by atoms with E-state index in [-0.39, 0.29) is 12.1 Å². The molecule has 0 aliphatic carbocycles. The monoisotopic (exact) mass is 463 g/mol. The molecule has 1 heterocycles. The minimum Gasteiger partial charge on any atom is -0.471 e. The van der Waals surface area contributed by atoms with Gasteiger partial charge in [-0.25, -0.2) is 4.99 Å². The number of aliphatic imine (C=N–C) groups is 1. The van der Waals surface area contributed by atoms with E-state index in [2.05, 4.69) is 17.1 Å². The van der Waals surface area contributed by atoms with Gasteiger partial charge in [-0.3, -0.25) is 4.52 Å². The Bertz CT molecular complexity index is 1040. The van der Waals surface area contributed by atoms with Gasteiger partial charge in [-0.1, -0.05) is 66.7 Å². The Morgan fingerprint density at radius 2 is 1.24 bits per heavy atom. The molecule has 0 bridgehead atoms. The largest absolute Gasteiger partial charge is 0.471 e. The molecule has 0 N–H and O–H groups in total. The van der Waals surface area contributed by atoms with E-state index in [4.69, 9.17) is 18.3 Å². The van der Waals surface area contributed by atoms with Gasteiger partial charge < -0.3 is 13.8 Å². The molecule has 5 nitrogen and oxygen atoms in total. The summed E-state index contributed by atoms with van der Waals surface area (Å²) in [6.45, 7) is 10.3. The van der Waals surface area contributed by atoms with Gasteiger partial charge in [0.25, 0.3) is 0 Å². The van der Waals surface area contributed by atoms with Crippen molar-refractivity contribution < 1.29 is 18.3 Å². The molecule has 0 saturated carbocycles. The third kappa shape index (κ3) is 5.55. The van der Waals surface area contributed by atoms with Gasteiger partial charge >= 0.3 is 8.60 Å². The molecule has 0 spiro atoms. The van der Waals surface area contributed by atoms with Crippen LogP contribution in [0.3, 0.4) is 0 Å². The summed E-state index contributed by atoms with van der Waals surface area (Å²) in [4.78, 5) is 4.67. The van der Waals surface area contributed by atoms with Crippen molar-refractivity contribution in [3.63, 3.8) is 0 Å². The first kappa shape index (κ1) is 23.3. The average Bonchev–Trinajstić information content (AvgIpc) is 3.18. The van der Waals surface area contributed by atoms with E-state index < -0.39 is 8.60 Å². The van der Waals surface area contributed by atoms with Crippen LogP contribution in [0.1, 0.15) is 40.8 Å². The summed E-state index contributed by atoms with van der Waals surface area (Å²) >= 11 is 0. The zero-order chi connectivity index (χ0) is 23.4. The fourth-order valence-electron chi connectivity index (χ4n) is 3.90. The summed E-state index contributed by atoms with van der Waals surface area (Å²) in [5.41, 5.74) is 5.23. The topological polar surface area (TPSA) is 49.3 Å². The summed E-state index contributed by atoms with van der Waals surface area (Å²) in [7, 11) is -1.72. The van der Waals surface area contributed by atoms with Gasteiger partial charge in [0, 0.05) is 6.92 Å². The van der Waals surface area contributed by atoms with Gasteiger partial charge in [-0.15, -0.1) is 0 Å². The van der Waals surface area contributed by atoms with Crippen LogP contribution in [-0.4, -0.2) is 18.5 Å². The molecule has 3 aromatic carbocycles. The van der Waals surface area contributed by atoms with Gasteiger partial charge in [0.2, 0.25) is 0 Å². The minimum atomic E-state index is -1.72. The van der Waals surface area contributed by atoms with Crippen molar-refractivity contribution >= 4 is 14.5 Å². The van der Waals surface area contributed by atoms with E-state index in [1.54, 1.807) is 0 Å². The second-order valence-corrected chi connectivity index (χ2v) is 9.38. The van der Waals surface area contributed by atoms with Crippen molar-refractivity contribution in [1.29, 1.82) is 0 Å². The molecule has 1 aliphatic heterocycles.